The molecular weight excluding hydrogens is 527 g/mol. The van der Waals surface area contributed by atoms with Gasteiger partial charge in [-0.3, -0.25) is 9.80 Å². The monoisotopic (exact) mass is 561 g/mol. The lowest BCUT2D eigenvalue weighted by Crippen LogP contribution is -2.55. The van der Waals surface area contributed by atoms with Crippen molar-refractivity contribution in [2.45, 2.75) is 30.7 Å². The summed E-state index contributed by atoms with van der Waals surface area (Å²) >= 11 is 0. The molecule has 5 rings (SSSR count). The first-order chi connectivity index (χ1) is 19.2. The normalized spacial score (nSPS) is 20.5. The van der Waals surface area contributed by atoms with Crippen LogP contribution in [0.25, 0.3) is 10.9 Å². The van der Waals surface area contributed by atoms with E-state index in [2.05, 4.69) is 14.8 Å². The Kier molecular flexibility index (Phi) is 8.25. The van der Waals surface area contributed by atoms with Crippen LogP contribution in [-0.4, -0.2) is 93.2 Å². The number of rotatable bonds is 10. The molecule has 0 bridgehead atoms. The molecule has 1 aromatic heterocycles. The Bertz CT molecular complexity index is 1320. The lowest BCUT2D eigenvalue weighted by Gasteiger charge is -2.46. The Hall–Kier alpha value is -3.28. The van der Waals surface area contributed by atoms with E-state index in [1.54, 1.807) is 7.11 Å². The van der Waals surface area contributed by atoms with Crippen molar-refractivity contribution in [3.8, 4) is 11.5 Å². The highest BCUT2D eigenvalue weighted by molar-refractivity contribution is 5.87. The fourth-order valence-electron chi connectivity index (χ4n) is 6.00. The Morgan fingerprint density at radius 3 is 2.62 bits per heavy atom. The second kappa shape index (κ2) is 11.7. The summed E-state index contributed by atoms with van der Waals surface area (Å²) < 4.78 is 60.5. The van der Waals surface area contributed by atoms with E-state index >= 15 is 0 Å². The number of likely N-dealkylation sites (tertiary alicyclic amines) is 1. The van der Waals surface area contributed by atoms with Gasteiger partial charge in [-0.25, -0.2) is 4.79 Å². The molecule has 0 saturated carbocycles. The summed E-state index contributed by atoms with van der Waals surface area (Å²) in [6, 6.07) is 15.5. The number of para-hydroxylation sites is 1. The Morgan fingerprint density at radius 2 is 1.90 bits per heavy atom. The maximum Gasteiger partial charge on any atom is 0.490 e. The van der Waals surface area contributed by atoms with Gasteiger partial charge in [0.15, 0.2) is 0 Å². The summed E-state index contributed by atoms with van der Waals surface area (Å²) in [4.78, 5) is 19.8. The molecule has 0 radical (unpaired) electrons. The molecule has 0 aliphatic carbocycles. The summed E-state index contributed by atoms with van der Waals surface area (Å²) in [7, 11) is 3.02. The Morgan fingerprint density at radius 1 is 1.10 bits per heavy atom. The maximum absolute atomic E-state index is 13.0. The van der Waals surface area contributed by atoms with Crippen LogP contribution >= 0.6 is 0 Å². The molecule has 8 nitrogen and oxygen atoms in total. The van der Waals surface area contributed by atoms with Crippen molar-refractivity contribution in [2.75, 3.05) is 60.2 Å². The van der Waals surface area contributed by atoms with Crippen LogP contribution in [0.5, 0.6) is 11.5 Å². The number of nitrogens with one attached hydrogen (secondary N) is 1. The molecule has 40 heavy (non-hydrogen) atoms. The fourth-order valence-corrected chi connectivity index (χ4v) is 6.00. The molecule has 1 saturated heterocycles. The van der Waals surface area contributed by atoms with Gasteiger partial charge in [0, 0.05) is 56.4 Å². The number of H-pyrrole nitrogens is 1. The largest absolute Gasteiger partial charge is 0.497 e. The third-order valence-corrected chi connectivity index (χ3v) is 7.84. The summed E-state index contributed by atoms with van der Waals surface area (Å²) in [6.07, 6.45) is -4.70. The van der Waals surface area contributed by atoms with Crippen molar-refractivity contribution in [3.63, 3.8) is 0 Å². The van der Waals surface area contributed by atoms with Crippen LogP contribution < -0.4 is 9.47 Å². The second-order valence-corrected chi connectivity index (χ2v) is 10.3. The van der Waals surface area contributed by atoms with Crippen LogP contribution in [0.3, 0.4) is 0 Å². The molecule has 11 heteroatoms. The lowest BCUT2D eigenvalue weighted by atomic mass is 9.83. The number of ether oxygens (including phenoxy) is 4. The van der Waals surface area contributed by atoms with Crippen molar-refractivity contribution < 1.29 is 36.9 Å². The van der Waals surface area contributed by atoms with E-state index in [1.165, 1.54) is 12.7 Å². The summed E-state index contributed by atoms with van der Waals surface area (Å²) in [5.41, 5.74) is 2.70. The van der Waals surface area contributed by atoms with Crippen molar-refractivity contribution >= 4 is 16.9 Å². The van der Waals surface area contributed by atoms with E-state index in [-0.39, 0.29) is 13.2 Å². The number of hydrogen-bond donors (Lipinski definition) is 1. The Balaban J connectivity index is 1.42. The minimum Gasteiger partial charge on any atom is -0.497 e. The molecule has 2 aliphatic rings. The third-order valence-electron chi connectivity index (χ3n) is 7.84. The summed E-state index contributed by atoms with van der Waals surface area (Å²) in [5.74, 6) is -0.641. The molecule has 2 aliphatic heterocycles. The second-order valence-electron chi connectivity index (χ2n) is 10.3. The molecule has 2 unspecified atom stereocenters. The number of carbonyl (C=O) groups is 1. The topological polar surface area (TPSA) is 76.3 Å². The first kappa shape index (κ1) is 28.3. The predicted octanol–water partition coefficient (Wildman–Crippen LogP) is 4.14. The molecule has 3 heterocycles. The third kappa shape index (κ3) is 5.77. The molecule has 1 fully saturated rings. The van der Waals surface area contributed by atoms with Gasteiger partial charge in [-0.1, -0.05) is 18.2 Å². The molecule has 1 spiro atoms. The van der Waals surface area contributed by atoms with Crippen LogP contribution in [0.2, 0.25) is 0 Å². The highest BCUT2D eigenvalue weighted by atomic mass is 19.4. The zero-order valence-corrected chi connectivity index (χ0v) is 22.6. The van der Waals surface area contributed by atoms with Gasteiger partial charge in [-0.15, -0.1) is 0 Å². The average Bonchev–Trinajstić information content (AvgIpc) is 3.53. The van der Waals surface area contributed by atoms with Crippen molar-refractivity contribution in [3.05, 3.63) is 59.8 Å². The molecule has 216 valence electrons. The fraction of sp³-hybridized carbons (Fsp3) is 0.483. The van der Waals surface area contributed by atoms with Crippen LogP contribution in [-0.2, 0) is 26.2 Å². The van der Waals surface area contributed by atoms with E-state index < -0.39 is 23.8 Å². The van der Waals surface area contributed by atoms with Gasteiger partial charge in [0.2, 0.25) is 0 Å². The molecule has 1 N–H and O–H groups in total. The zero-order chi connectivity index (χ0) is 28.3. The number of hydrogen-bond acceptors (Lipinski definition) is 7. The van der Waals surface area contributed by atoms with Gasteiger partial charge < -0.3 is 23.9 Å². The van der Waals surface area contributed by atoms with E-state index in [1.807, 2.05) is 48.5 Å². The number of methoxy groups -OCH3 is 2. The number of aromatic amines is 1. The molecule has 2 atom stereocenters. The van der Waals surface area contributed by atoms with E-state index in [9.17, 15) is 18.0 Å². The van der Waals surface area contributed by atoms with Gasteiger partial charge in [0.25, 0.3) is 0 Å². The number of fused-ring (bicyclic) bond motifs is 4. The lowest BCUT2D eigenvalue weighted by molar-refractivity contribution is -0.208. The number of nitrogens with zero attached hydrogens (tertiary/aromatic N) is 2. The number of carbonyl (C=O) groups excluding carboxylic acids is 1. The van der Waals surface area contributed by atoms with Gasteiger partial charge >= 0.3 is 12.1 Å². The number of alkyl halides is 3. The highest BCUT2D eigenvalue weighted by Gasteiger charge is 2.50. The first-order valence-electron chi connectivity index (χ1n) is 13.3. The van der Waals surface area contributed by atoms with Crippen LogP contribution in [0.1, 0.15) is 17.7 Å². The molecule has 2 aromatic carbocycles. The quantitative estimate of drug-likeness (QED) is 0.373. The van der Waals surface area contributed by atoms with Crippen molar-refractivity contribution in [1.29, 1.82) is 0 Å². The minimum absolute atomic E-state index is 0.113. The standard InChI is InChI=1S/C29H34F3N3O5/c1-37-18-22(40-27(36)29(30,31)32)17-35-12-10-23-24-16-21(38-2)8-9-25(24)33-26(23)28(35)11-13-34(19-28)14-15-39-20-6-4-3-5-7-20/h3-9,16,22,33H,10-15,17-19H2,1-2H3. The SMILES string of the molecule is COCC(CN1CCc2c([nH]c3ccc(OC)cc23)C12CCN(CCOc1ccccc1)C2)OC(=O)C(F)(F)F. The molecular formula is C29H34F3N3O5. The zero-order valence-electron chi connectivity index (χ0n) is 22.6. The molecule has 0 amide bonds. The number of aromatic nitrogens is 1. The average molecular weight is 562 g/mol. The van der Waals surface area contributed by atoms with Gasteiger partial charge in [-0.05, 0) is 48.7 Å². The summed E-state index contributed by atoms with van der Waals surface area (Å²) in [6.45, 7) is 3.20. The predicted molar refractivity (Wildman–Crippen MR) is 143 cm³/mol. The smallest absolute Gasteiger partial charge is 0.490 e. The van der Waals surface area contributed by atoms with Crippen LogP contribution in [0, 0.1) is 0 Å². The van der Waals surface area contributed by atoms with Gasteiger partial charge in [0.05, 0.1) is 19.3 Å². The minimum atomic E-state index is -5.07. The highest BCUT2D eigenvalue weighted by Crippen LogP contribution is 2.45. The maximum atomic E-state index is 13.0. The van der Waals surface area contributed by atoms with Crippen molar-refractivity contribution in [1.82, 2.24) is 14.8 Å². The van der Waals surface area contributed by atoms with Crippen molar-refractivity contribution in [2.24, 2.45) is 0 Å². The number of esters is 1. The first-order valence-corrected chi connectivity index (χ1v) is 13.3. The number of halogens is 3. The Labute approximate surface area is 230 Å². The molecule has 3 aromatic rings. The van der Waals surface area contributed by atoms with Crippen LogP contribution in [0.4, 0.5) is 13.2 Å². The van der Waals surface area contributed by atoms with Gasteiger partial charge in [0.1, 0.15) is 24.2 Å². The van der Waals surface area contributed by atoms with Crippen LogP contribution in [0.15, 0.2) is 48.5 Å². The van der Waals surface area contributed by atoms with E-state index in [4.69, 9.17) is 18.9 Å². The van der Waals surface area contributed by atoms with Gasteiger partial charge in [-0.2, -0.15) is 13.2 Å². The summed E-state index contributed by atoms with van der Waals surface area (Å²) in [5, 5.41) is 1.08. The number of benzene rings is 2. The van der Waals surface area contributed by atoms with E-state index in [0.717, 1.165) is 41.1 Å². The van der Waals surface area contributed by atoms with E-state index in [0.29, 0.717) is 32.7 Å².